The first-order valence-corrected chi connectivity index (χ1v) is 22.3. The van der Waals surface area contributed by atoms with Crippen molar-refractivity contribution < 1.29 is 0 Å². The lowest BCUT2D eigenvalue weighted by Gasteiger charge is -2.23. The Balaban J connectivity index is 1.21. The molecule has 294 valence electrons. The summed E-state index contributed by atoms with van der Waals surface area (Å²) < 4.78 is 0. The molecule has 0 radical (unpaired) electrons. The van der Waals surface area contributed by atoms with Crippen LogP contribution < -0.4 is 0 Å². The first-order valence-electron chi connectivity index (χ1n) is 22.3. The smallest absolute Gasteiger partial charge is 0.00139 e. The minimum atomic E-state index is 1.24. The monoisotopic (exact) mass is 806 g/mol. The molecule has 0 atom stereocenters. The summed E-state index contributed by atoms with van der Waals surface area (Å²) in [6.07, 6.45) is 0. The van der Waals surface area contributed by atoms with Crippen LogP contribution in [0.2, 0.25) is 0 Å². The van der Waals surface area contributed by atoms with Gasteiger partial charge in [-0.15, -0.1) is 0 Å². The molecule has 0 heterocycles. The SMILES string of the molecule is c1ccc2c(-c3cc(-c4cc5ccccc5c5ccccc45)c4ccc5c(-c6cccc7ccccc67)cc(-c6cc7ccccc7c7ccccc67)c6ccc3c4c56)cccc2c1. The average Bonchev–Trinajstić information content (AvgIpc) is 3.37. The highest BCUT2D eigenvalue weighted by Crippen LogP contribution is 2.52. The zero-order chi connectivity index (χ0) is 41.9. The van der Waals surface area contributed by atoms with Crippen molar-refractivity contribution in [3.8, 4) is 44.5 Å². The lowest BCUT2D eigenvalue weighted by atomic mass is 9.80. The highest BCUT2D eigenvalue weighted by atomic mass is 14.3. The minimum absolute atomic E-state index is 1.24. The Bertz CT molecular complexity index is 3960. The second-order valence-electron chi connectivity index (χ2n) is 17.4. The molecule has 0 aliphatic heterocycles. The normalized spacial score (nSPS) is 12.1. The van der Waals surface area contributed by atoms with Gasteiger partial charge in [-0.1, -0.05) is 206 Å². The fraction of sp³-hybridized carbons (Fsp3) is 0. The van der Waals surface area contributed by atoms with Crippen molar-refractivity contribution in [1.29, 1.82) is 0 Å². The summed E-state index contributed by atoms with van der Waals surface area (Å²) in [6, 6.07) is 86.5. The summed E-state index contributed by atoms with van der Waals surface area (Å²) in [5, 5.41) is 22.8. The van der Waals surface area contributed by atoms with Crippen LogP contribution in [-0.4, -0.2) is 0 Å². The molecule has 0 aliphatic rings. The van der Waals surface area contributed by atoms with Gasteiger partial charge in [0.05, 0.1) is 0 Å². The van der Waals surface area contributed by atoms with E-state index < -0.39 is 0 Å². The Kier molecular flexibility index (Phi) is 7.49. The van der Waals surface area contributed by atoms with Gasteiger partial charge in [0.2, 0.25) is 0 Å². The predicted molar refractivity (Wildman–Crippen MR) is 277 cm³/mol. The summed E-state index contributed by atoms with van der Waals surface area (Å²) in [5.74, 6) is 0. The molecule has 0 bridgehead atoms. The zero-order valence-electron chi connectivity index (χ0n) is 34.9. The van der Waals surface area contributed by atoms with E-state index in [4.69, 9.17) is 0 Å². The van der Waals surface area contributed by atoms with Gasteiger partial charge in [-0.2, -0.15) is 0 Å². The van der Waals surface area contributed by atoms with Crippen molar-refractivity contribution in [2.45, 2.75) is 0 Å². The molecule has 14 aromatic carbocycles. The quantitative estimate of drug-likeness (QED) is 0.155. The molecular weight excluding hydrogens is 769 g/mol. The second-order valence-corrected chi connectivity index (χ2v) is 17.4. The van der Waals surface area contributed by atoms with Gasteiger partial charge in [-0.25, -0.2) is 0 Å². The molecule has 14 aromatic rings. The Morgan fingerprint density at radius 1 is 0.141 bits per heavy atom. The maximum absolute atomic E-state index is 2.50. The van der Waals surface area contributed by atoms with Crippen LogP contribution in [0.5, 0.6) is 0 Å². The van der Waals surface area contributed by atoms with Gasteiger partial charge in [0, 0.05) is 0 Å². The maximum atomic E-state index is 2.50. The highest BCUT2D eigenvalue weighted by molar-refractivity contribution is 6.34. The predicted octanol–water partition coefficient (Wildman–Crippen LogP) is 18.2. The van der Waals surface area contributed by atoms with E-state index in [0.717, 1.165) is 0 Å². The van der Waals surface area contributed by atoms with Crippen LogP contribution in [0.3, 0.4) is 0 Å². The molecular formula is C64H38. The molecule has 0 saturated heterocycles. The molecule has 0 saturated carbocycles. The Morgan fingerprint density at radius 3 is 0.828 bits per heavy atom. The van der Waals surface area contributed by atoms with Crippen molar-refractivity contribution in [2.75, 3.05) is 0 Å². The van der Waals surface area contributed by atoms with Gasteiger partial charge in [0.25, 0.3) is 0 Å². The van der Waals surface area contributed by atoms with E-state index >= 15 is 0 Å². The van der Waals surface area contributed by atoms with E-state index in [-0.39, 0.29) is 0 Å². The first kappa shape index (κ1) is 35.3. The number of rotatable bonds is 4. The molecule has 0 aromatic heterocycles. The largest absolute Gasteiger partial charge is 0.0616 e. The van der Waals surface area contributed by atoms with Gasteiger partial charge in [-0.05, 0) is 166 Å². The minimum Gasteiger partial charge on any atom is -0.0616 e. The first-order chi connectivity index (χ1) is 31.8. The van der Waals surface area contributed by atoms with E-state index in [2.05, 4.69) is 231 Å². The summed E-state index contributed by atoms with van der Waals surface area (Å²) in [6.45, 7) is 0. The van der Waals surface area contributed by atoms with Crippen LogP contribution in [0.4, 0.5) is 0 Å². The summed E-state index contributed by atoms with van der Waals surface area (Å²) in [4.78, 5) is 0. The van der Waals surface area contributed by atoms with Crippen LogP contribution in [0.25, 0.3) is 141 Å². The summed E-state index contributed by atoms with van der Waals surface area (Å²) >= 11 is 0. The Morgan fingerprint density at radius 2 is 0.422 bits per heavy atom. The van der Waals surface area contributed by atoms with E-state index in [1.807, 2.05) is 0 Å². The molecule has 0 spiro atoms. The van der Waals surface area contributed by atoms with Gasteiger partial charge < -0.3 is 0 Å². The lowest BCUT2D eigenvalue weighted by molar-refractivity contribution is 1.67. The van der Waals surface area contributed by atoms with E-state index in [1.54, 1.807) is 0 Å². The van der Waals surface area contributed by atoms with Crippen LogP contribution in [0, 0.1) is 0 Å². The van der Waals surface area contributed by atoms with Crippen LogP contribution in [-0.2, 0) is 0 Å². The molecule has 0 N–H and O–H groups in total. The molecule has 0 amide bonds. The van der Waals surface area contributed by atoms with E-state index in [1.165, 1.54) is 141 Å². The van der Waals surface area contributed by atoms with Crippen LogP contribution >= 0.6 is 0 Å². The topological polar surface area (TPSA) is 0 Å². The molecule has 14 rings (SSSR count). The van der Waals surface area contributed by atoms with Crippen molar-refractivity contribution in [3.05, 3.63) is 231 Å². The van der Waals surface area contributed by atoms with Crippen molar-refractivity contribution >= 4 is 97.0 Å². The third-order valence-electron chi connectivity index (χ3n) is 14.2. The van der Waals surface area contributed by atoms with Crippen LogP contribution in [0.1, 0.15) is 0 Å². The third-order valence-corrected chi connectivity index (χ3v) is 14.2. The Labute approximate surface area is 370 Å². The third kappa shape index (κ3) is 5.05. The standard InChI is InChI=1S/C64H38/c1-5-21-43-39(15-1)19-13-29-49(43)59-37-61(57-35-41-17-3-7-23-45(41)47-25-9-11-27-51(47)57)55-34-32-54-60(50-30-14-20-40-16-2-6-22-44(40)50)38-62(56-33-31-53(59)63(55)64(54)56)58-36-42-18-4-8-24-46(42)48-26-10-12-28-52(48)58/h1-38H. The fourth-order valence-corrected chi connectivity index (χ4v) is 11.4. The average molecular weight is 807 g/mol. The number of hydrogen-bond donors (Lipinski definition) is 0. The summed E-state index contributed by atoms with van der Waals surface area (Å²) in [5.41, 5.74) is 10.0. The lowest BCUT2D eigenvalue weighted by Crippen LogP contribution is -1.96. The summed E-state index contributed by atoms with van der Waals surface area (Å²) in [7, 11) is 0. The van der Waals surface area contributed by atoms with Crippen LogP contribution in [0.15, 0.2) is 231 Å². The van der Waals surface area contributed by atoms with Crippen molar-refractivity contribution in [3.63, 3.8) is 0 Å². The fourth-order valence-electron chi connectivity index (χ4n) is 11.4. The molecule has 0 aliphatic carbocycles. The maximum Gasteiger partial charge on any atom is -0.00139 e. The Hall–Kier alpha value is -8.32. The molecule has 0 nitrogen and oxygen atoms in total. The molecule has 0 fully saturated rings. The zero-order valence-corrected chi connectivity index (χ0v) is 34.9. The van der Waals surface area contributed by atoms with Gasteiger partial charge in [0.15, 0.2) is 0 Å². The number of hydrogen-bond acceptors (Lipinski definition) is 0. The van der Waals surface area contributed by atoms with E-state index in [0.29, 0.717) is 0 Å². The van der Waals surface area contributed by atoms with Crippen molar-refractivity contribution in [1.82, 2.24) is 0 Å². The van der Waals surface area contributed by atoms with Gasteiger partial charge in [-0.3, -0.25) is 0 Å². The number of benzene rings is 14. The van der Waals surface area contributed by atoms with E-state index in [9.17, 15) is 0 Å². The molecule has 64 heavy (non-hydrogen) atoms. The van der Waals surface area contributed by atoms with Gasteiger partial charge >= 0.3 is 0 Å². The number of fused-ring (bicyclic) bond motifs is 8. The molecule has 0 heteroatoms. The van der Waals surface area contributed by atoms with Crippen molar-refractivity contribution in [2.24, 2.45) is 0 Å². The van der Waals surface area contributed by atoms with Gasteiger partial charge in [0.1, 0.15) is 0 Å². The second kappa shape index (κ2) is 13.6. The highest BCUT2D eigenvalue weighted by Gasteiger charge is 2.24. The molecule has 0 unspecified atom stereocenters.